The van der Waals surface area contributed by atoms with Gasteiger partial charge in [-0.1, -0.05) is 48.0 Å². The molecule has 0 unspecified atom stereocenters. The highest BCUT2D eigenvalue weighted by Gasteiger charge is 2.35. The topological polar surface area (TPSA) is 38.8 Å². The van der Waals surface area contributed by atoms with Gasteiger partial charge < -0.3 is 14.4 Å². The lowest BCUT2D eigenvalue weighted by atomic mass is 9.86. The first-order chi connectivity index (χ1) is 14.6. The highest BCUT2D eigenvalue weighted by Crippen LogP contribution is 2.43. The number of benzene rings is 3. The number of fused-ring (bicyclic) bond motifs is 1. The van der Waals surface area contributed by atoms with Gasteiger partial charge in [0.15, 0.2) is 11.5 Å². The van der Waals surface area contributed by atoms with E-state index in [4.69, 9.17) is 9.47 Å². The van der Waals surface area contributed by atoms with Gasteiger partial charge in [0.05, 0.1) is 25.7 Å². The average Bonchev–Trinajstić information content (AvgIpc) is 2.74. The molecular weight excluding hydrogens is 374 g/mol. The molecule has 0 saturated carbocycles. The number of para-hydroxylation sites is 1. The first-order valence-corrected chi connectivity index (χ1v) is 10.5. The molecule has 1 amide bonds. The van der Waals surface area contributed by atoms with Crippen LogP contribution in [-0.4, -0.2) is 19.1 Å². The second-order valence-corrected chi connectivity index (χ2v) is 7.46. The van der Waals surface area contributed by atoms with Crippen molar-refractivity contribution in [1.29, 1.82) is 0 Å². The van der Waals surface area contributed by atoms with Crippen molar-refractivity contribution >= 4 is 11.6 Å². The number of rotatable bonds is 6. The van der Waals surface area contributed by atoms with Crippen LogP contribution in [0.2, 0.25) is 0 Å². The van der Waals surface area contributed by atoms with Crippen LogP contribution in [-0.2, 0) is 11.2 Å². The van der Waals surface area contributed by atoms with Crippen molar-refractivity contribution in [1.82, 2.24) is 0 Å². The molecule has 3 aromatic carbocycles. The van der Waals surface area contributed by atoms with Crippen molar-refractivity contribution < 1.29 is 14.3 Å². The van der Waals surface area contributed by atoms with Crippen molar-refractivity contribution in [3.63, 3.8) is 0 Å². The molecule has 0 spiro atoms. The lowest BCUT2D eigenvalue weighted by Gasteiger charge is -2.38. The van der Waals surface area contributed by atoms with E-state index in [-0.39, 0.29) is 11.9 Å². The van der Waals surface area contributed by atoms with E-state index in [1.807, 2.05) is 61.2 Å². The lowest BCUT2D eigenvalue weighted by Crippen LogP contribution is -2.41. The standard InChI is InChI=1S/C26H27NO3/c1-4-29-23-15-20-16-25(28)27(21-12-7-6-8-13-21)26(19-11-9-10-18(3)14-19)22(20)17-24(23)30-5-2/h6-15,17,26H,4-5,16H2,1-3H3/t26-/m1/s1. The molecule has 0 radical (unpaired) electrons. The summed E-state index contributed by atoms with van der Waals surface area (Å²) in [5, 5.41) is 0. The van der Waals surface area contributed by atoms with Crippen molar-refractivity contribution in [3.8, 4) is 11.5 Å². The fourth-order valence-electron chi connectivity index (χ4n) is 4.14. The Labute approximate surface area is 178 Å². The SMILES string of the molecule is CCOc1cc2c(cc1OCC)[C@@H](c1cccc(C)c1)N(c1ccccc1)C(=O)C2. The zero-order chi connectivity index (χ0) is 21.1. The smallest absolute Gasteiger partial charge is 0.232 e. The molecule has 4 heteroatoms. The molecule has 0 bridgehead atoms. The number of nitrogens with zero attached hydrogens (tertiary/aromatic N) is 1. The minimum Gasteiger partial charge on any atom is -0.490 e. The number of aryl methyl sites for hydroxylation is 1. The van der Waals surface area contributed by atoms with E-state index in [2.05, 4.69) is 31.2 Å². The number of amides is 1. The van der Waals surface area contributed by atoms with Gasteiger partial charge in [0.25, 0.3) is 0 Å². The van der Waals surface area contributed by atoms with Crippen molar-refractivity contribution in [3.05, 3.63) is 89.0 Å². The van der Waals surface area contributed by atoms with Crippen LogP contribution in [0.1, 0.15) is 42.1 Å². The maximum absolute atomic E-state index is 13.4. The Morgan fingerprint density at radius 1 is 0.900 bits per heavy atom. The van der Waals surface area contributed by atoms with Crippen LogP contribution in [0.3, 0.4) is 0 Å². The third kappa shape index (κ3) is 3.78. The lowest BCUT2D eigenvalue weighted by molar-refractivity contribution is -0.118. The van der Waals surface area contributed by atoms with Gasteiger partial charge in [-0.3, -0.25) is 4.79 Å². The Morgan fingerprint density at radius 2 is 1.60 bits per heavy atom. The van der Waals surface area contributed by atoms with Gasteiger partial charge in [0, 0.05) is 5.69 Å². The van der Waals surface area contributed by atoms with E-state index in [1.54, 1.807) is 0 Å². The van der Waals surface area contributed by atoms with E-state index in [9.17, 15) is 4.79 Å². The summed E-state index contributed by atoms with van der Waals surface area (Å²) in [5.41, 5.74) is 5.21. The molecule has 0 saturated heterocycles. The van der Waals surface area contributed by atoms with Crippen LogP contribution < -0.4 is 14.4 Å². The van der Waals surface area contributed by atoms with Crippen LogP contribution in [0.5, 0.6) is 11.5 Å². The number of carbonyl (C=O) groups is 1. The summed E-state index contributed by atoms with van der Waals surface area (Å²) in [6.45, 7) is 7.09. The van der Waals surface area contributed by atoms with Gasteiger partial charge in [-0.15, -0.1) is 0 Å². The number of anilines is 1. The summed E-state index contributed by atoms with van der Waals surface area (Å²) < 4.78 is 11.7. The van der Waals surface area contributed by atoms with Crippen LogP contribution in [0.15, 0.2) is 66.7 Å². The van der Waals surface area contributed by atoms with E-state index >= 15 is 0 Å². The van der Waals surface area contributed by atoms with E-state index in [1.165, 1.54) is 0 Å². The van der Waals surface area contributed by atoms with E-state index in [0.29, 0.717) is 25.4 Å². The fourth-order valence-corrected chi connectivity index (χ4v) is 4.14. The van der Waals surface area contributed by atoms with Crippen LogP contribution >= 0.6 is 0 Å². The zero-order valence-electron chi connectivity index (χ0n) is 17.7. The molecule has 154 valence electrons. The zero-order valence-corrected chi connectivity index (χ0v) is 17.7. The van der Waals surface area contributed by atoms with Crippen molar-refractivity contribution in [2.24, 2.45) is 0 Å². The average molecular weight is 402 g/mol. The molecule has 1 atom stereocenters. The molecule has 30 heavy (non-hydrogen) atoms. The maximum Gasteiger partial charge on any atom is 0.232 e. The third-order valence-corrected chi connectivity index (χ3v) is 5.36. The van der Waals surface area contributed by atoms with Gasteiger partial charge in [-0.05, 0) is 61.7 Å². The highest BCUT2D eigenvalue weighted by molar-refractivity contribution is 5.98. The van der Waals surface area contributed by atoms with Crippen molar-refractivity contribution in [2.75, 3.05) is 18.1 Å². The van der Waals surface area contributed by atoms with E-state index < -0.39 is 0 Å². The second kappa shape index (κ2) is 8.62. The van der Waals surface area contributed by atoms with Gasteiger partial charge in [-0.2, -0.15) is 0 Å². The Hall–Kier alpha value is -3.27. The summed E-state index contributed by atoms with van der Waals surface area (Å²) in [6.07, 6.45) is 0.332. The fraction of sp³-hybridized carbons (Fsp3) is 0.269. The van der Waals surface area contributed by atoms with Crippen LogP contribution in [0, 0.1) is 6.92 Å². The van der Waals surface area contributed by atoms with Gasteiger partial charge in [0.2, 0.25) is 5.91 Å². The molecule has 0 N–H and O–H groups in total. The van der Waals surface area contributed by atoms with Crippen molar-refractivity contribution in [2.45, 2.75) is 33.2 Å². The largest absolute Gasteiger partial charge is 0.490 e. The van der Waals surface area contributed by atoms with Crippen LogP contribution in [0.4, 0.5) is 5.69 Å². The molecule has 1 aliphatic rings. The number of ether oxygens (including phenoxy) is 2. The predicted molar refractivity (Wildman–Crippen MR) is 119 cm³/mol. The Morgan fingerprint density at radius 3 is 2.27 bits per heavy atom. The summed E-state index contributed by atoms with van der Waals surface area (Å²) in [7, 11) is 0. The molecule has 3 aromatic rings. The molecule has 4 nitrogen and oxygen atoms in total. The molecule has 1 aliphatic heterocycles. The molecule has 0 aliphatic carbocycles. The quantitative estimate of drug-likeness (QED) is 0.550. The van der Waals surface area contributed by atoms with Gasteiger partial charge in [-0.25, -0.2) is 0 Å². The normalized spacial score (nSPS) is 15.6. The predicted octanol–water partition coefficient (Wildman–Crippen LogP) is 5.47. The summed E-state index contributed by atoms with van der Waals surface area (Å²) in [5.74, 6) is 1.49. The highest BCUT2D eigenvalue weighted by atomic mass is 16.5. The molecule has 1 heterocycles. The summed E-state index contributed by atoms with van der Waals surface area (Å²) in [4.78, 5) is 15.3. The molecule has 0 fully saturated rings. The number of carbonyl (C=O) groups excluding carboxylic acids is 1. The summed E-state index contributed by atoms with van der Waals surface area (Å²) >= 11 is 0. The minimum atomic E-state index is -0.224. The third-order valence-electron chi connectivity index (χ3n) is 5.36. The molecule has 4 rings (SSSR count). The first-order valence-electron chi connectivity index (χ1n) is 10.5. The minimum absolute atomic E-state index is 0.0758. The Kier molecular flexibility index (Phi) is 5.75. The van der Waals surface area contributed by atoms with E-state index in [0.717, 1.165) is 33.7 Å². The first kappa shape index (κ1) is 20.0. The summed E-state index contributed by atoms with van der Waals surface area (Å²) in [6, 6.07) is 22.1. The Bertz CT molecular complexity index is 1050. The van der Waals surface area contributed by atoms with Gasteiger partial charge in [0.1, 0.15) is 0 Å². The number of hydrogen-bond donors (Lipinski definition) is 0. The maximum atomic E-state index is 13.4. The number of hydrogen-bond acceptors (Lipinski definition) is 3. The monoisotopic (exact) mass is 401 g/mol. The van der Waals surface area contributed by atoms with Crippen LogP contribution in [0.25, 0.3) is 0 Å². The Balaban J connectivity index is 1.93. The van der Waals surface area contributed by atoms with Gasteiger partial charge >= 0.3 is 0 Å². The molecule has 0 aromatic heterocycles. The second-order valence-electron chi connectivity index (χ2n) is 7.46. The molecular formula is C26H27NO3.